The van der Waals surface area contributed by atoms with E-state index in [9.17, 15) is 9.65 Å². The van der Waals surface area contributed by atoms with Crippen LogP contribution in [-0.4, -0.2) is 0 Å². The fourth-order valence-corrected chi connectivity index (χ4v) is 2.17. The predicted molar refractivity (Wildman–Crippen MR) is 79.6 cm³/mol. The highest BCUT2D eigenvalue weighted by molar-refractivity contribution is 6.42. The number of hydrogen-bond acceptors (Lipinski definition) is 2. The molecule has 20 heavy (non-hydrogen) atoms. The third kappa shape index (κ3) is 3.41. The van der Waals surface area contributed by atoms with Gasteiger partial charge in [-0.2, -0.15) is 5.26 Å². The Morgan fingerprint density at radius 1 is 1.15 bits per heavy atom. The summed E-state index contributed by atoms with van der Waals surface area (Å²) in [5, 5.41) is 13.0. The van der Waals surface area contributed by atoms with E-state index in [4.69, 9.17) is 23.2 Å². The SMILES string of the molecule is Cc1cc(F)cc(NC(C#N)c2ccc(Cl)c(Cl)c2)c1. The van der Waals surface area contributed by atoms with Gasteiger partial charge in [0.15, 0.2) is 0 Å². The average molecular weight is 309 g/mol. The van der Waals surface area contributed by atoms with Gasteiger partial charge in [-0.15, -0.1) is 0 Å². The summed E-state index contributed by atoms with van der Waals surface area (Å²) in [5.41, 5.74) is 1.99. The molecule has 0 radical (unpaired) electrons. The van der Waals surface area contributed by atoms with E-state index in [-0.39, 0.29) is 5.82 Å². The zero-order valence-electron chi connectivity index (χ0n) is 10.6. The quantitative estimate of drug-likeness (QED) is 0.854. The zero-order valence-corrected chi connectivity index (χ0v) is 12.1. The second-order valence-electron chi connectivity index (χ2n) is 4.40. The number of hydrogen-bond donors (Lipinski definition) is 1. The van der Waals surface area contributed by atoms with Gasteiger partial charge >= 0.3 is 0 Å². The molecule has 0 bridgehead atoms. The molecule has 0 fully saturated rings. The molecule has 1 N–H and O–H groups in total. The van der Waals surface area contributed by atoms with Crippen molar-refractivity contribution in [1.82, 2.24) is 0 Å². The lowest BCUT2D eigenvalue weighted by Gasteiger charge is -2.14. The van der Waals surface area contributed by atoms with Crippen molar-refractivity contribution in [3.8, 4) is 6.07 Å². The maximum Gasteiger partial charge on any atom is 0.140 e. The van der Waals surface area contributed by atoms with Crippen LogP contribution in [0.25, 0.3) is 0 Å². The van der Waals surface area contributed by atoms with Crippen LogP contribution in [0.1, 0.15) is 17.2 Å². The lowest BCUT2D eigenvalue weighted by atomic mass is 10.1. The highest BCUT2D eigenvalue weighted by atomic mass is 35.5. The average Bonchev–Trinajstić information content (AvgIpc) is 2.38. The minimum Gasteiger partial charge on any atom is -0.366 e. The van der Waals surface area contributed by atoms with E-state index in [1.54, 1.807) is 31.2 Å². The van der Waals surface area contributed by atoms with Crippen LogP contribution < -0.4 is 5.32 Å². The largest absolute Gasteiger partial charge is 0.366 e. The van der Waals surface area contributed by atoms with Crippen LogP contribution >= 0.6 is 23.2 Å². The molecule has 0 aliphatic carbocycles. The van der Waals surface area contributed by atoms with E-state index < -0.39 is 6.04 Å². The van der Waals surface area contributed by atoms with Crippen molar-refractivity contribution >= 4 is 28.9 Å². The molecule has 0 heterocycles. The topological polar surface area (TPSA) is 35.8 Å². The minimum absolute atomic E-state index is 0.349. The van der Waals surface area contributed by atoms with E-state index in [0.717, 1.165) is 5.56 Å². The summed E-state index contributed by atoms with van der Waals surface area (Å²) in [5.74, 6) is -0.349. The fraction of sp³-hybridized carbons (Fsp3) is 0.133. The first kappa shape index (κ1) is 14.6. The number of nitriles is 1. The summed E-state index contributed by atoms with van der Waals surface area (Å²) >= 11 is 11.8. The molecule has 2 rings (SSSR count). The van der Waals surface area contributed by atoms with Crippen LogP contribution in [0.3, 0.4) is 0 Å². The second-order valence-corrected chi connectivity index (χ2v) is 5.21. The molecule has 0 aromatic heterocycles. The maximum atomic E-state index is 13.3. The number of nitrogens with zero attached hydrogens (tertiary/aromatic N) is 1. The molecule has 0 aliphatic heterocycles. The molecule has 102 valence electrons. The van der Waals surface area contributed by atoms with Crippen molar-refractivity contribution in [2.45, 2.75) is 13.0 Å². The van der Waals surface area contributed by atoms with Gasteiger partial charge in [-0.25, -0.2) is 4.39 Å². The summed E-state index contributed by atoms with van der Waals surface area (Å²) in [7, 11) is 0. The fourth-order valence-electron chi connectivity index (χ4n) is 1.87. The van der Waals surface area contributed by atoms with E-state index in [1.807, 2.05) is 0 Å². The van der Waals surface area contributed by atoms with Crippen LogP contribution in [0.5, 0.6) is 0 Å². The highest BCUT2D eigenvalue weighted by Crippen LogP contribution is 2.27. The predicted octanol–water partition coefficient (Wildman–Crippen LogP) is 5.12. The van der Waals surface area contributed by atoms with Gasteiger partial charge in [0.05, 0.1) is 16.1 Å². The van der Waals surface area contributed by atoms with Gasteiger partial charge in [-0.3, -0.25) is 0 Å². The van der Waals surface area contributed by atoms with Gasteiger partial charge < -0.3 is 5.32 Å². The van der Waals surface area contributed by atoms with Crippen LogP contribution in [0.15, 0.2) is 36.4 Å². The van der Waals surface area contributed by atoms with Crippen molar-refractivity contribution < 1.29 is 4.39 Å². The Morgan fingerprint density at radius 3 is 2.50 bits per heavy atom. The Bertz CT molecular complexity index is 660. The van der Waals surface area contributed by atoms with Gasteiger partial charge in [0.1, 0.15) is 11.9 Å². The highest BCUT2D eigenvalue weighted by Gasteiger charge is 2.12. The van der Waals surface area contributed by atoms with Crippen molar-refractivity contribution in [3.05, 3.63) is 63.4 Å². The third-order valence-electron chi connectivity index (χ3n) is 2.76. The van der Waals surface area contributed by atoms with Gasteiger partial charge in [0, 0.05) is 5.69 Å². The molecule has 0 saturated heterocycles. The molecule has 1 unspecified atom stereocenters. The van der Waals surface area contributed by atoms with E-state index >= 15 is 0 Å². The lowest BCUT2D eigenvalue weighted by molar-refractivity contribution is 0.627. The summed E-state index contributed by atoms with van der Waals surface area (Å²) < 4.78 is 13.3. The van der Waals surface area contributed by atoms with Gasteiger partial charge in [-0.1, -0.05) is 29.3 Å². The van der Waals surface area contributed by atoms with Crippen LogP contribution in [0.4, 0.5) is 10.1 Å². The van der Waals surface area contributed by atoms with Crippen molar-refractivity contribution in [2.75, 3.05) is 5.32 Å². The first-order valence-corrected chi connectivity index (χ1v) is 6.63. The maximum absolute atomic E-state index is 13.3. The number of nitrogens with one attached hydrogen (secondary N) is 1. The second kappa shape index (κ2) is 6.13. The molecule has 2 nitrogen and oxygen atoms in total. The first-order chi connectivity index (χ1) is 9.49. The lowest BCUT2D eigenvalue weighted by Crippen LogP contribution is -2.08. The first-order valence-electron chi connectivity index (χ1n) is 5.88. The summed E-state index contributed by atoms with van der Waals surface area (Å²) in [6.07, 6.45) is 0. The Labute approximate surface area is 126 Å². The van der Waals surface area contributed by atoms with Crippen molar-refractivity contribution in [3.63, 3.8) is 0 Å². The van der Waals surface area contributed by atoms with Gasteiger partial charge in [0.25, 0.3) is 0 Å². The summed E-state index contributed by atoms with van der Waals surface area (Å²) in [4.78, 5) is 0. The molecule has 0 amide bonds. The molecule has 0 aliphatic rings. The molecular weight excluding hydrogens is 298 g/mol. The van der Waals surface area contributed by atoms with E-state index in [1.165, 1.54) is 12.1 Å². The van der Waals surface area contributed by atoms with Crippen LogP contribution in [-0.2, 0) is 0 Å². The Morgan fingerprint density at radius 2 is 1.90 bits per heavy atom. The van der Waals surface area contributed by atoms with Crippen LogP contribution in [0.2, 0.25) is 10.0 Å². The number of halogens is 3. The molecule has 0 spiro atoms. The molecule has 2 aromatic rings. The minimum atomic E-state index is -0.633. The van der Waals surface area contributed by atoms with Crippen LogP contribution in [0, 0.1) is 24.1 Å². The van der Waals surface area contributed by atoms with E-state index in [0.29, 0.717) is 21.3 Å². The third-order valence-corrected chi connectivity index (χ3v) is 3.50. The van der Waals surface area contributed by atoms with E-state index in [2.05, 4.69) is 11.4 Å². The number of rotatable bonds is 3. The Hall–Kier alpha value is -1.76. The monoisotopic (exact) mass is 308 g/mol. The normalized spacial score (nSPS) is 11.8. The molecule has 2 aromatic carbocycles. The van der Waals surface area contributed by atoms with Gasteiger partial charge in [0.2, 0.25) is 0 Å². The number of anilines is 1. The number of aryl methyl sites for hydroxylation is 1. The zero-order chi connectivity index (χ0) is 14.7. The molecule has 5 heteroatoms. The summed E-state index contributed by atoms with van der Waals surface area (Å²) in [6, 6.07) is 11.0. The Kier molecular flexibility index (Phi) is 4.49. The smallest absolute Gasteiger partial charge is 0.140 e. The summed E-state index contributed by atoms with van der Waals surface area (Å²) in [6.45, 7) is 1.79. The van der Waals surface area contributed by atoms with Crippen molar-refractivity contribution in [2.24, 2.45) is 0 Å². The molecule has 0 saturated carbocycles. The van der Waals surface area contributed by atoms with Gasteiger partial charge in [-0.05, 0) is 48.4 Å². The molecule has 1 atom stereocenters. The van der Waals surface area contributed by atoms with Crippen molar-refractivity contribution in [1.29, 1.82) is 5.26 Å². The Balaban J connectivity index is 2.29. The molecular formula is C15H11Cl2FN2. The standard InChI is InChI=1S/C15H11Cl2FN2/c1-9-4-11(18)7-12(5-9)20-15(8-19)10-2-3-13(16)14(17)6-10/h2-7,15,20H,1H3. The number of benzene rings is 2.